The fraction of sp³-hybridized carbons (Fsp3) is 0.529. The molecular weight excluding hydrogens is 344 g/mol. The zero-order valence-corrected chi connectivity index (χ0v) is 15.4. The average molecular weight is 366 g/mol. The first kappa shape index (κ1) is 17.9. The molecule has 1 aromatic heterocycles. The second-order valence-electron chi connectivity index (χ2n) is 5.59. The molecule has 0 radical (unpaired) electrons. The van der Waals surface area contributed by atoms with E-state index in [0.717, 1.165) is 25.2 Å². The molecule has 0 amide bonds. The van der Waals surface area contributed by atoms with Crippen LogP contribution in [-0.2, 0) is 4.74 Å². The Morgan fingerprint density at radius 1 is 1.08 bits per heavy atom. The lowest BCUT2D eigenvalue weighted by molar-refractivity contribution is 0.0314. The Bertz CT molecular complexity index is 675. The van der Waals surface area contributed by atoms with Crippen molar-refractivity contribution < 1.29 is 23.4 Å². The van der Waals surface area contributed by atoms with E-state index in [0.29, 0.717) is 33.9 Å². The Morgan fingerprint density at radius 2 is 1.84 bits per heavy atom. The molecule has 0 bridgehead atoms. The van der Waals surface area contributed by atoms with E-state index in [-0.39, 0.29) is 6.10 Å². The highest BCUT2D eigenvalue weighted by Crippen LogP contribution is 2.41. The Kier molecular flexibility index (Phi) is 6.04. The van der Waals surface area contributed by atoms with Crippen LogP contribution in [0.25, 0.3) is 11.5 Å². The Hall–Kier alpha value is -1.93. The maximum atomic E-state index is 5.77. The van der Waals surface area contributed by atoms with E-state index in [1.165, 1.54) is 18.2 Å². The monoisotopic (exact) mass is 366 g/mol. The van der Waals surface area contributed by atoms with Crippen molar-refractivity contribution in [1.29, 1.82) is 0 Å². The van der Waals surface area contributed by atoms with Gasteiger partial charge in [-0.1, -0.05) is 11.8 Å². The highest BCUT2D eigenvalue weighted by molar-refractivity contribution is 7.99. The van der Waals surface area contributed by atoms with Crippen LogP contribution in [0.5, 0.6) is 17.2 Å². The molecule has 0 unspecified atom stereocenters. The third-order valence-corrected chi connectivity index (χ3v) is 4.94. The quantitative estimate of drug-likeness (QED) is 0.690. The summed E-state index contributed by atoms with van der Waals surface area (Å²) in [4.78, 5) is 0. The smallest absolute Gasteiger partial charge is 0.276 e. The van der Waals surface area contributed by atoms with Crippen molar-refractivity contribution in [3.63, 3.8) is 0 Å². The summed E-state index contributed by atoms with van der Waals surface area (Å²) in [5.74, 6) is 2.83. The summed E-state index contributed by atoms with van der Waals surface area (Å²) in [6.45, 7) is 0.839. The van der Waals surface area contributed by atoms with Gasteiger partial charge in [-0.15, -0.1) is 10.2 Å². The standard InChI is InChI=1S/C17H22N2O5S/c1-20-13-8-11(9-14(21-2)15(13)22-3)16-18-19-17(24-16)25-10-12-6-4-5-7-23-12/h8-9,12H,4-7,10H2,1-3H3/t12-/m1/s1. The zero-order chi connectivity index (χ0) is 17.6. The van der Waals surface area contributed by atoms with Crippen LogP contribution in [0.15, 0.2) is 21.8 Å². The molecule has 0 aliphatic carbocycles. The first-order valence-corrected chi connectivity index (χ1v) is 9.12. The van der Waals surface area contributed by atoms with Gasteiger partial charge in [-0.2, -0.15) is 0 Å². The summed E-state index contributed by atoms with van der Waals surface area (Å²) >= 11 is 1.52. The predicted molar refractivity (Wildman–Crippen MR) is 93.7 cm³/mol. The molecule has 2 aromatic rings. The van der Waals surface area contributed by atoms with E-state index < -0.39 is 0 Å². The highest BCUT2D eigenvalue weighted by atomic mass is 32.2. The first-order chi connectivity index (χ1) is 12.2. The minimum Gasteiger partial charge on any atom is -0.493 e. The fourth-order valence-electron chi connectivity index (χ4n) is 2.69. The van der Waals surface area contributed by atoms with Gasteiger partial charge in [0.2, 0.25) is 11.6 Å². The molecule has 7 nitrogen and oxygen atoms in total. The molecule has 8 heteroatoms. The number of nitrogens with zero attached hydrogens (tertiary/aromatic N) is 2. The van der Waals surface area contributed by atoms with Crippen molar-refractivity contribution >= 4 is 11.8 Å². The SMILES string of the molecule is COc1cc(-c2nnc(SC[C@H]3CCCCO3)o2)cc(OC)c1OC. The topological polar surface area (TPSA) is 75.8 Å². The van der Waals surface area contributed by atoms with Gasteiger partial charge in [0.05, 0.1) is 27.4 Å². The number of benzene rings is 1. The van der Waals surface area contributed by atoms with Gasteiger partial charge in [0.25, 0.3) is 5.22 Å². The number of hydrogen-bond donors (Lipinski definition) is 0. The van der Waals surface area contributed by atoms with Gasteiger partial charge >= 0.3 is 0 Å². The van der Waals surface area contributed by atoms with Gasteiger partial charge in [0.1, 0.15) is 0 Å². The molecule has 2 heterocycles. The summed E-state index contributed by atoms with van der Waals surface area (Å²) in [7, 11) is 4.70. The van der Waals surface area contributed by atoms with E-state index in [1.54, 1.807) is 33.5 Å². The zero-order valence-electron chi connectivity index (χ0n) is 14.6. The average Bonchev–Trinajstić information content (AvgIpc) is 3.15. The van der Waals surface area contributed by atoms with Crippen LogP contribution < -0.4 is 14.2 Å². The molecule has 1 aromatic carbocycles. The van der Waals surface area contributed by atoms with Crippen LogP contribution in [0.4, 0.5) is 0 Å². The van der Waals surface area contributed by atoms with E-state index >= 15 is 0 Å². The Morgan fingerprint density at radius 3 is 2.44 bits per heavy atom. The molecule has 1 atom stereocenters. The van der Waals surface area contributed by atoms with Crippen molar-refractivity contribution in [3.05, 3.63) is 12.1 Å². The van der Waals surface area contributed by atoms with Gasteiger partial charge < -0.3 is 23.4 Å². The lowest BCUT2D eigenvalue weighted by Crippen LogP contribution is -2.21. The van der Waals surface area contributed by atoms with Crippen LogP contribution >= 0.6 is 11.8 Å². The van der Waals surface area contributed by atoms with Crippen LogP contribution in [-0.4, -0.2) is 50.0 Å². The Balaban J connectivity index is 1.74. The molecule has 1 fully saturated rings. The van der Waals surface area contributed by atoms with Crippen molar-refractivity contribution in [2.45, 2.75) is 30.6 Å². The van der Waals surface area contributed by atoms with E-state index in [9.17, 15) is 0 Å². The van der Waals surface area contributed by atoms with Crippen molar-refractivity contribution in [3.8, 4) is 28.7 Å². The molecule has 1 aliphatic rings. The summed E-state index contributed by atoms with van der Waals surface area (Å²) < 4.78 is 27.5. The van der Waals surface area contributed by atoms with Gasteiger partial charge in [-0.3, -0.25) is 0 Å². The first-order valence-electron chi connectivity index (χ1n) is 8.13. The minimum absolute atomic E-state index is 0.260. The largest absolute Gasteiger partial charge is 0.493 e. The van der Waals surface area contributed by atoms with Crippen LogP contribution in [0.3, 0.4) is 0 Å². The maximum absolute atomic E-state index is 5.77. The van der Waals surface area contributed by atoms with Crippen LogP contribution in [0.1, 0.15) is 19.3 Å². The second kappa shape index (κ2) is 8.44. The van der Waals surface area contributed by atoms with Gasteiger partial charge in [-0.25, -0.2) is 0 Å². The number of thioether (sulfide) groups is 1. The maximum Gasteiger partial charge on any atom is 0.276 e. The summed E-state index contributed by atoms with van der Waals surface area (Å²) in [5, 5.41) is 8.76. The number of ether oxygens (including phenoxy) is 4. The van der Waals surface area contributed by atoms with E-state index in [4.69, 9.17) is 23.4 Å². The lowest BCUT2D eigenvalue weighted by Gasteiger charge is -2.21. The second-order valence-corrected chi connectivity index (χ2v) is 6.56. The molecule has 0 spiro atoms. The van der Waals surface area contributed by atoms with Crippen molar-refractivity contribution in [2.75, 3.05) is 33.7 Å². The third kappa shape index (κ3) is 4.19. The van der Waals surface area contributed by atoms with Crippen LogP contribution in [0.2, 0.25) is 0 Å². The number of rotatable bonds is 7. The molecule has 1 saturated heterocycles. The van der Waals surface area contributed by atoms with Gasteiger partial charge in [-0.05, 0) is 31.4 Å². The van der Waals surface area contributed by atoms with E-state index in [2.05, 4.69) is 10.2 Å². The summed E-state index contributed by atoms with van der Waals surface area (Å²) in [6.07, 6.45) is 3.70. The minimum atomic E-state index is 0.260. The predicted octanol–water partition coefficient (Wildman–Crippen LogP) is 3.42. The third-order valence-electron chi connectivity index (χ3n) is 3.98. The molecule has 3 rings (SSSR count). The Labute approximate surface area is 151 Å². The molecule has 0 N–H and O–H groups in total. The molecular formula is C17H22N2O5S. The molecule has 25 heavy (non-hydrogen) atoms. The van der Waals surface area contributed by atoms with Crippen molar-refractivity contribution in [2.24, 2.45) is 0 Å². The number of aromatic nitrogens is 2. The molecule has 136 valence electrons. The van der Waals surface area contributed by atoms with E-state index in [1.807, 2.05) is 0 Å². The lowest BCUT2D eigenvalue weighted by atomic mass is 10.1. The van der Waals surface area contributed by atoms with Crippen LogP contribution in [0, 0.1) is 0 Å². The molecule has 1 aliphatic heterocycles. The van der Waals surface area contributed by atoms with Gasteiger partial charge in [0, 0.05) is 17.9 Å². The summed E-state index contributed by atoms with van der Waals surface area (Å²) in [6, 6.07) is 3.57. The van der Waals surface area contributed by atoms with Gasteiger partial charge in [0.15, 0.2) is 11.5 Å². The number of hydrogen-bond acceptors (Lipinski definition) is 8. The van der Waals surface area contributed by atoms with Crippen molar-refractivity contribution in [1.82, 2.24) is 10.2 Å². The number of methoxy groups -OCH3 is 3. The highest BCUT2D eigenvalue weighted by Gasteiger charge is 2.19. The summed E-state index contributed by atoms with van der Waals surface area (Å²) in [5.41, 5.74) is 0.711. The molecule has 0 saturated carbocycles. The fourth-order valence-corrected chi connectivity index (χ4v) is 3.52. The normalized spacial score (nSPS) is 17.3.